The van der Waals surface area contributed by atoms with Gasteiger partial charge in [-0.3, -0.25) is 14.5 Å². The van der Waals surface area contributed by atoms with Crippen molar-refractivity contribution < 1.29 is 9.59 Å². The Hall–Kier alpha value is -3.64. The molecule has 6 heteroatoms. The Labute approximate surface area is 197 Å². The van der Waals surface area contributed by atoms with E-state index in [-0.39, 0.29) is 11.8 Å². The number of hydrogen-bond donors (Lipinski definition) is 0. The Morgan fingerprint density at radius 2 is 1.67 bits per heavy atom. The maximum atomic E-state index is 13.7. The molecule has 0 saturated carbocycles. The summed E-state index contributed by atoms with van der Waals surface area (Å²) in [6.07, 6.45) is 2.70. The van der Waals surface area contributed by atoms with Crippen molar-refractivity contribution in [1.82, 2.24) is 9.47 Å². The third-order valence-electron chi connectivity index (χ3n) is 6.15. The zero-order valence-corrected chi connectivity index (χ0v) is 19.5. The van der Waals surface area contributed by atoms with Gasteiger partial charge in [0, 0.05) is 47.8 Å². The van der Waals surface area contributed by atoms with E-state index in [1.165, 1.54) is 16.2 Å². The molecule has 2 aromatic carbocycles. The van der Waals surface area contributed by atoms with E-state index in [1.807, 2.05) is 78.8 Å². The van der Waals surface area contributed by atoms with E-state index in [9.17, 15) is 9.59 Å². The molecule has 0 radical (unpaired) electrons. The topological polar surface area (TPSA) is 45.6 Å². The zero-order valence-electron chi connectivity index (χ0n) is 18.7. The summed E-state index contributed by atoms with van der Waals surface area (Å²) in [4.78, 5) is 31.5. The van der Waals surface area contributed by atoms with E-state index >= 15 is 0 Å². The van der Waals surface area contributed by atoms with Gasteiger partial charge in [0.25, 0.3) is 11.8 Å². The number of aromatic nitrogens is 1. The Morgan fingerprint density at radius 3 is 2.39 bits per heavy atom. The van der Waals surface area contributed by atoms with Gasteiger partial charge in [0.1, 0.15) is 5.70 Å². The first-order valence-electron chi connectivity index (χ1n) is 11.1. The molecule has 5 nitrogen and oxygen atoms in total. The second-order valence-corrected chi connectivity index (χ2v) is 9.02. The number of aryl methyl sites for hydroxylation is 1. The van der Waals surface area contributed by atoms with Gasteiger partial charge in [-0.2, -0.15) is 0 Å². The third-order valence-corrected chi connectivity index (χ3v) is 7.04. The number of carbonyl (C=O) groups excluding carboxylic acids is 2. The molecule has 0 atom stereocenters. The Balaban J connectivity index is 1.50. The minimum Gasteiger partial charge on any atom is -0.350 e. The van der Waals surface area contributed by atoms with Crippen LogP contribution in [0.4, 0.5) is 5.69 Å². The van der Waals surface area contributed by atoms with Gasteiger partial charge in [-0.25, -0.2) is 0 Å². The summed E-state index contributed by atoms with van der Waals surface area (Å²) in [7, 11) is 2.02. The molecule has 4 aromatic rings. The summed E-state index contributed by atoms with van der Waals surface area (Å²) >= 11 is 1.49. The number of amides is 2. The van der Waals surface area contributed by atoms with E-state index in [0.717, 1.165) is 27.0 Å². The van der Waals surface area contributed by atoms with Crippen molar-refractivity contribution in [3.63, 3.8) is 0 Å². The number of likely N-dealkylation sites (N-methyl/N-ethyl adjacent to an activating group) is 1. The second kappa shape index (κ2) is 8.71. The Kier molecular flexibility index (Phi) is 5.60. The summed E-state index contributed by atoms with van der Waals surface area (Å²) in [6.45, 7) is 2.93. The van der Waals surface area contributed by atoms with Crippen molar-refractivity contribution in [3.05, 3.63) is 94.4 Å². The number of anilines is 1. The number of rotatable bonds is 7. The monoisotopic (exact) mass is 455 g/mol. The molecule has 0 spiro atoms. The lowest BCUT2D eigenvalue weighted by atomic mass is 10.1. The number of imide groups is 1. The molecule has 0 fully saturated rings. The SMILES string of the molecule is CCN(C1=C(c2cccs2)C(=O)N(CCc2cn(C)c3ccccc23)C1=O)c1ccccc1. The smallest absolute Gasteiger partial charge is 0.278 e. The zero-order chi connectivity index (χ0) is 22.9. The van der Waals surface area contributed by atoms with Crippen LogP contribution >= 0.6 is 11.3 Å². The highest BCUT2D eigenvalue weighted by molar-refractivity contribution is 7.11. The number of hydrogen-bond acceptors (Lipinski definition) is 4. The van der Waals surface area contributed by atoms with Gasteiger partial charge in [0.05, 0.1) is 5.57 Å². The number of carbonyl (C=O) groups is 2. The first kappa shape index (κ1) is 21.2. The Bertz CT molecular complexity index is 1350. The first-order chi connectivity index (χ1) is 16.1. The van der Waals surface area contributed by atoms with Gasteiger partial charge in [-0.05, 0) is 48.6 Å². The minimum atomic E-state index is -0.227. The van der Waals surface area contributed by atoms with Gasteiger partial charge < -0.3 is 9.47 Å². The molecule has 0 saturated heterocycles. The van der Waals surface area contributed by atoms with Crippen LogP contribution in [-0.2, 0) is 23.1 Å². The number of benzene rings is 2. The predicted octanol–water partition coefficient (Wildman–Crippen LogP) is 5.09. The molecular formula is C27H25N3O2S. The van der Waals surface area contributed by atoms with Gasteiger partial charge in [-0.15, -0.1) is 11.3 Å². The fraction of sp³-hybridized carbons (Fsp3) is 0.185. The summed E-state index contributed by atoms with van der Waals surface area (Å²) < 4.78 is 2.09. The molecule has 0 unspecified atom stereocenters. The van der Waals surface area contributed by atoms with Crippen LogP contribution in [0, 0.1) is 0 Å². The Morgan fingerprint density at radius 1 is 0.909 bits per heavy atom. The van der Waals surface area contributed by atoms with Crippen LogP contribution in [0.25, 0.3) is 16.5 Å². The lowest BCUT2D eigenvalue weighted by molar-refractivity contribution is -0.136. The van der Waals surface area contributed by atoms with E-state index in [4.69, 9.17) is 0 Å². The average Bonchev–Trinajstić information content (AvgIpc) is 3.53. The molecule has 3 heterocycles. The van der Waals surface area contributed by atoms with Crippen molar-refractivity contribution >= 4 is 45.3 Å². The van der Waals surface area contributed by atoms with Crippen LogP contribution in [-0.4, -0.2) is 34.4 Å². The molecule has 33 heavy (non-hydrogen) atoms. The molecule has 1 aliphatic heterocycles. The third kappa shape index (κ3) is 3.66. The maximum Gasteiger partial charge on any atom is 0.278 e. The first-order valence-corrected chi connectivity index (χ1v) is 12.0. The summed E-state index contributed by atoms with van der Waals surface area (Å²) in [5, 5.41) is 3.10. The number of para-hydroxylation sites is 2. The fourth-order valence-electron chi connectivity index (χ4n) is 4.59. The highest BCUT2D eigenvalue weighted by atomic mass is 32.1. The molecule has 0 bridgehead atoms. The van der Waals surface area contributed by atoms with Gasteiger partial charge in [0.15, 0.2) is 0 Å². The summed E-state index contributed by atoms with van der Waals surface area (Å²) in [6, 6.07) is 21.8. The van der Waals surface area contributed by atoms with E-state index < -0.39 is 0 Å². The normalized spacial score (nSPS) is 14.1. The number of nitrogens with zero attached hydrogens (tertiary/aromatic N) is 3. The highest BCUT2D eigenvalue weighted by Crippen LogP contribution is 2.36. The van der Waals surface area contributed by atoms with Crippen LogP contribution in [0.1, 0.15) is 17.4 Å². The van der Waals surface area contributed by atoms with Crippen molar-refractivity contribution in [3.8, 4) is 0 Å². The number of fused-ring (bicyclic) bond motifs is 1. The van der Waals surface area contributed by atoms with Crippen molar-refractivity contribution in [2.45, 2.75) is 13.3 Å². The van der Waals surface area contributed by atoms with Crippen LogP contribution in [0.3, 0.4) is 0 Å². The van der Waals surface area contributed by atoms with Crippen LogP contribution in [0.2, 0.25) is 0 Å². The predicted molar refractivity (Wildman–Crippen MR) is 134 cm³/mol. The molecule has 0 aliphatic carbocycles. The fourth-order valence-corrected chi connectivity index (χ4v) is 5.36. The van der Waals surface area contributed by atoms with Crippen molar-refractivity contribution in [2.24, 2.45) is 7.05 Å². The lowest BCUT2D eigenvalue weighted by Gasteiger charge is -2.24. The standard InChI is InChI=1S/C27H25N3O2S/c1-3-29(20-10-5-4-6-11-20)25-24(23-14-9-17-33-23)26(31)30(27(25)32)16-15-19-18-28(2)22-13-8-7-12-21(19)22/h4-14,17-18H,3,15-16H2,1-2H3. The van der Waals surface area contributed by atoms with E-state index in [0.29, 0.717) is 30.8 Å². The van der Waals surface area contributed by atoms with Crippen LogP contribution < -0.4 is 4.90 Å². The summed E-state index contributed by atoms with van der Waals surface area (Å²) in [5.74, 6) is -0.443. The van der Waals surface area contributed by atoms with Crippen LogP contribution in [0.15, 0.2) is 84.0 Å². The van der Waals surface area contributed by atoms with Crippen LogP contribution in [0.5, 0.6) is 0 Å². The molecule has 1 aliphatic rings. The van der Waals surface area contributed by atoms with Gasteiger partial charge in [0.2, 0.25) is 0 Å². The van der Waals surface area contributed by atoms with Crippen molar-refractivity contribution in [2.75, 3.05) is 18.0 Å². The molecular weight excluding hydrogens is 430 g/mol. The average molecular weight is 456 g/mol. The highest BCUT2D eigenvalue weighted by Gasteiger charge is 2.41. The molecule has 166 valence electrons. The number of thiophene rings is 1. The minimum absolute atomic E-state index is 0.216. The van der Waals surface area contributed by atoms with Crippen molar-refractivity contribution in [1.29, 1.82) is 0 Å². The molecule has 2 aromatic heterocycles. The molecule has 0 N–H and O–H groups in total. The quantitative estimate of drug-likeness (QED) is 0.365. The van der Waals surface area contributed by atoms with Gasteiger partial charge in [-0.1, -0.05) is 42.5 Å². The van der Waals surface area contributed by atoms with E-state index in [2.05, 4.69) is 22.9 Å². The maximum absolute atomic E-state index is 13.7. The second-order valence-electron chi connectivity index (χ2n) is 8.08. The molecule has 2 amide bonds. The largest absolute Gasteiger partial charge is 0.350 e. The molecule has 5 rings (SSSR count). The van der Waals surface area contributed by atoms with E-state index in [1.54, 1.807) is 0 Å². The lowest BCUT2D eigenvalue weighted by Crippen LogP contribution is -2.36. The van der Waals surface area contributed by atoms with Gasteiger partial charge >= 0.3 is 0 Å². The summed E-state index contributed by atoms with van der Waals surface area (Å²) in [5.41, 5.74) is 4.15.